The fourth-order valence-electron chi connectivity index (χ4n) is 3.15. The summed E-state index contributed by atoms with van der Waals surface area (Å²) in [4.78, 5) is 16.5. The minimum absolute atomic E-state index is 0.0555. The zero-order chi connectivity index (χ0) is 17.6. The molecule has 0 aromatic heterocycles. The van der Waals surface area contributed by atoms with Gasteiger partial charge in [0.2, 0.25) is 5.91 Å². The molecule has 0 unspecified atom stereocenters. The average molecular weight is 341 g/mol. The standard InChI is InChI=1S/C20H24FN3O/c1-2-5-20(25)22-18-6-3-4-7-19(18)24-14-12-23(13-15-24)17-10-8-16(21)9-11-17/h3-4,6-11H,2,5,12-15H2,1H3,(H,22,25). The van der Waals surface area contributed by atoms with Crippen LogP contribution in [0.2, 0.25) is 0 Å². The summed E-state index contributed by atoms with van der Waals surface area (Å²) in [5.74, 6) is -0.154. The molecule has 2 aromatic carbocycles. The third-order valence-electron chi connectivity index (χ3n) is 4.47. The Morgan fingerprint density at radius 2 is 1.64 bits per heavy atom. The third-order valence-corrected chi connectivity index (χ3v) is 4.47. The highest BCUT2D eigenvalue weighted by Gasteiger charge is 2.20. The van der Waals surface area contributed by atoms with Gasteiger partial charge in [-0.3, -0.25) is 4.79 Å². The highest BCUT2D eigenvalue weighted by atomic mass is 19.1. The average Bonchev–Trinajstić information content (AvgIpc) is 2.63. The third kappa shape index (κ3) is 4.29. The number of nitrogens with one attached hydrogen (secondary N) is 1. The maximum Gasteiger partial charge on any atom is 0.224 e. The second kappa shape index (κ2) is 8.01. The first-order chi connectivity index (χ1) is 12.2. The quantitative estimate of drug-likeness (QED) is 0.896. The first-order valence-electron chi connectivity index (χ1n) is 8.81. The number of benzene rings is 2. The van der Waals surface area contributed by atoms with E-state index in [-0.39, 0.29) is 11.7 Å². The van der Waals surface area contributed by atoms with Gasteiger partial charge in [0.15, 0.2) is 0 Å². The van der Waals surface area contributed by atoms with Crippen molar-refractivity contribution in [2.45, 2.75) is 19.8 Å². The topological polar surface area (TPSA) is 35.6 Å². The molecule has 0 saturated carbocycles. The number of para-hydroxylation sites is 2. The van der Waals surface area contributed by atoms with Crippen LogP contribution in [0.15, 0.2) is 48.5 Å². The van der Waals surface area contributed by atoms with Crippen LogP contribution in [-0.2, 0) is 4.79 Å². The Labute approximate surface area is 148 Å². The number of hydrogen-bond donors (Lipinski definition) is 1. The van der Waals surface area contributed by atoms with E-state index in [0.717, 1.165) is 49.7 Å². The predicted molar refractivity (Wildman–Crippen MR) is 101 cm³/mol. The molecule has 4 nitrogen and oxygen atoms in total. The van der Waals surface area contributed by atoms with Crippen LogP contribution >= 0.6 is 0 Å². The van der Waals surface area contributed by atoms with E-state index in [1.807, 2.05) is 37.3 Å². The van der Waals surface area contributed by atoms with Gasteiger partial charge in [-0.25, -0.2) is 4.39 Å². The van der Waals surface area contributed by atoms with E-state index < -0.39 is 0 Å². The number of rotatable bonds is 5. The summed E-state index contributed by atoms with van der Waals surface area (Å²) in [7, 11) is 0. The zero-order valence-electron chi connectivity index (χ0n) is 14.5. The monoisotopic (exact) mass is 341 g/mol. The van der Waals surface area contributed by atoms with Crippen LogP contribution in [0.5, 0.6) is 0 Å². The second-order valence-electron chi connectivity index (χ2n) is 6.27. The van der Waals surface area contributed by atoms with Gasteiger partial charge in [-0.15, -0.1) is 0 Å². The van der Waals surface area contributed by atoms with Crippen molar-refractivity contribution in [2.24, 2.45) is 0 Å². The molecule has 1 amide bonds. The summed E-state index contributed by atoms with van der Waals surface area (Å²) >= 11 is 0. The van der Waals surface area contributed by atoms with E-state index in [2.05, 4.69) is 21.2 Å². The van der Waals surface area contributed by atoms with Gasteiger partial charge in [0.1, 0.15) is 5.82 Å². The molecule has 1 heterocycles. The maximum atomic E-state index is 13.1. The second-order valence-corrected chi connectivity index (χ2v) is 6.27. The fraction of sp³-hybridized carbons (Fsp3) is 0.350. The molecular formula is C20H24FN3O. The smallest absolute Gasteiger partial charge is 0.224 e. The Hall–Kier alpha value is -2.56. The first-order valence-corrected chi connectivity index (χ1v) is 8.81. The van der Waals surface area contributed by atoms with Crippen LogP contribution in [-0.4, -0.2) is 32.1 Å². The lowest BCUT2D eigenvalue weighted by Gasteiger charge is -2.38. The molecule has 1 fully saturated rings. The summed E-state index contributed by atoms with van der Waals surface area (Å²) in [5, 5.41) is 3.02. The van der Waals surface area contributed by atoms with E-state index in [0.29, 0.717) is 6.42 Å². The maximum absolute atomic E-state index is 13.1. The van der Waals surface area contributed by atoms with E-state index in [1.54, 1.807) is 0 Å². The SMILES string of the molecule is CCCC(=O)Nc1ccccc1N1CCN(c2ccc(F)cc2)CC1. The Morgan fingerprint density at radius 1 is 1.00 bits per heavy atom. The van der Waals surface area contributed by atoms with Gasteiger partial charge in [0.25, 0.3) is 0 Å². The molecule has 0 aliphatic carbocycles. The molecule has 25 heavy (non-hydrogen) atoms. The highest BCUT2D eigenvalue weighted by molar-refractivity contribution is 5.94. The molecule has 0 atom stereocenters. The van der Waals surface area contributed by atoms with Crippen molar-refractivity contribution in [1.29, 1.82) is 0 Å². The minimum Gasteiger partial charge on any atom is -0.368 e. The predicted octanol–water partition coefficient (Wildman–Crippen LogP) is 3.89. The molecule has 0 radical (unpaired) electrons. The van der Waals surface area contributed by atoms with Gasteiger partial charge in [-0.05, 0) is 42.8 Å². The number of piperazine rings is 1. The normalized spacial score (nSPS) is 14.5. The van der Waals surface area contributed by atoms with Crippen LogP contribution in [0.3, 0.4) is 0 Å². The lowest BCUT2D eigenvalue weighted by Crippen LogP contribution is -2.46. The Morgan fingerprint density at radius 3 is 2.32 bits per heavy atom. The van der Waals surface area contributed by atoms with Gasteiger partial charge in [-0.2, -0.15) is 0 Å². The largest absolute Gasteiger partial charge is 0.368 e. The zero-order valence-corrected chi connectivity index (χ0v) is 14.5. The van der Waals surface area contributed by atoms with Crippen LogP contribution in [0.1, 0.15) is 19.8 Å². The number of halogens is 1. The fourth-order valence-corrected chi connectivity index (χ4v) is 3.15. The highest BCUT2D eigenvalue weighted by Crippen LogP contribution is 2.28. The summed E-state index contributed by atoms with van der Waals surface area (Å²) in [6.07, 6.45) is 1.37. The van der Waals surface area contributed by atoms with E-state index in [4.69, 9.17) is 0 Å². The summed E-state index contributed by atoms with van der Waals surface area (Å²) in [5.41, 5.74) is 2.98. The number of nitrogens with zero attached hydrogens (tertiary/aromatic N) is 2. The van der Waals surface area contributed by atoms with Gasteiger partial charge >= 0.3 is 0 Å². The van der Waals surface area contributed by atoms with E-state index >= 15 is 0 Å². The lowest BCUT2D eigenvalue weighted by molar-refractivity contribution is -0.116. The number of carbonyl (C=O) groups is 1. The van der Waals surface area contributed by atoms with Crippen LogP contribution in [0.4, 0.5) is 21.5 Å². The molecule has 1 aliphatic heterocycles. The van der Waals surface area contributed by atoms with Gasteiger partial charge in [0, 0.05) is 38.3 Å². The van der Waals surface area contributed by atoms with E-state index in [9.17, 15) is 9.18 Å². The summed E-state index contributed by atoms with van der Waals surface area (Å²) in [6, 6.07) is 14.6. The Kier molecular flexibility index (Phi) is 5.53. The van der Waals surface area contributed by atoms with E-state index in [1.165, 1.54) is 12.1 Å². The van der Waals surface area contributed by atoms with Crippen molar-refractivity contribution < 1.29 is 9.18 Å². The molecule has 0 spiro atoms. The first kappa shape index (κ1) is 17.3. The van der Waals surface area contributed by atoms with Crippen molar-refractivity contribution in [3.8, 4) is 0 Å². The molecule has 132 valence electrons. The van der Waals surface area contributed by atoms with Crippen LogP contribution < -0.4 is 15.1 Å². The molecule has 1 saturated heterocycles. The molecule has 1 N–H and O–H groups in total. The van der Waals surface area contributed by atoms with Crippen molar-refractivity contribution in [3.05, 3.63) is 54.3 Å². The van der Waals surface area contributed by atoms with Crippen LogP contribution in [0.25, 0.3) is 0 Å². The lowest BCUT2D eigenvalue weighted by atomic mass is 10.2. The molecule has 3 rings (SSSR count). The van der Waals surface area contributed by atoms with Crippen molar-refractivity contribution in [2.75, 3.05) is 41.3 Å². The molecule has 5 heteroatoms. The van der Waals surface area contributed by atoms with Crippen molar-refractivity contribution >= 4 is 23.0 Å². The summed E-state index contributed by atoms with van der Waals surface area (Å²) in [6.45, 7) is 5.45. The number of carbonyl (C=O) groups excluding carboxylic acids is 1. The molecular weight excluding hydrogens is 317 g/mol. The number of hydrogen-bond acceptors (Lipinski definition) is 3. The Balaban J connectivity index is 1.66. The summed E-state index contributed by atoms with van der Waals surface area (Å²) < 4.78 is 13.1. The molecule has 1 aliphatic rings. The van der Waals surface area contributed by atoms with Crippen LogP contribution in [0, 0.1) is 5.82 Å². The van der Waals surface area contributed by atoms with Crippen molar-refractivity contribution in [3.63, 3.8) is 0 Å². The molecule has 2 aromatic rings. The number of anilines is 3. The Bertz CT molecular complexity index is 709. The van der Waals surface area contributed by atoms with Gasteiger partial charge < -0.3 is 15.1 Å². The number of amides is 1. The van der Waals surface area contributed by atoms with Crippen molar-refractivity contribution in [1.82, 2.24) is 0 Å². The minimum atomic E-state index is -0.209. The molecule has 0 bridgehead atoms. The van der Waals surface area contributed by atoms with Gasteiger partial charge in [0.05, 0.1) is 11.4 Å². The van der Waals surface area contributed by atoms with Gasteiger partial charge in [-0.1, -0.05) is 19.1 Å².